The van der Waals surface area contributed by atoms with Gasteiger partial charge in [0.05, 0.1) is 29.6 Å². The van der Waals surface area contributed by atoms with Crippen LogP contribution in [0.2, 0.25) is 10.0 Å². The van der Waals surface area contributed by atoms with Crippen LogP contribution in [-0.2, 0) is 16.1 Å². The normalized spacial score (nSPS) is 12.8. The number of carbonyl (C=O) groups excluding carboxylic acids is 2. The number of aryl methyl sites for hydroxylation is 2. The van der Waals surface area contributed by atoms with E-state index in [9.17, 15) is 9.59 Å². The maximum absolute atomic E-state index is 12.6. The molecule has 8 nitrogen and oxygen atoms in total. The van der Waals surface area contributed by atoms with Gasteiger partial charge in [-0.05, 0) is 56.7 Å². The number of nitrogens with one attached hydrogen (secondary N) is 1. The lowest BCUT2D eigenvalue weighted by Crippen LogP contribution is -2.38. The molecule has 0 saturated carbocycles. The van der Waals surface area contributed by atoms with Gasteiger partial charge >= 0.3 is 0 Å². The zero-order valence-corrected chi connectivity index (χ0v) is 20.2. The molecule has 2 heterocycles. The van der Waals surface area contributed by atoms with E-state index in [2.05, 4.69) is 10.5 Å². The summed E-state index contributed by atoms with van der Waals surface area (Å²) in [5, 5.41) is 7.77. The van der Waals surface area contributed by atoms with Gasteiger partial charge in [-0.25, -0.2) is 0 Å². The van der Waals surface area contributed by atoms with E-state index < -0.39 is 0 Å². The average molecular weight is 504 g/mol. The Bertz CT molecular complexity index is 1210. The van der Waals surface area contributed by atoms with Crippen LogP contribution in [0.3, 0.4) is 0 Å². The summed E-state index contributed by atoms with van der Waals surface area (Å²) in [6.07, 6.45) is 0.746. The molecule has 3 aromatic rings. The molecule has 0 radical (unpaired) electrons. The molecular formula is C24H23Cl2N3O5. The number of aromatic nitrogens is 1. The molecule has 0 aliphatic carbocycles. The van der Waals surface area contributed by atoms with Gasteiger partial charge in [0.15, 0.2) is 6.61 Å². The third kappa shape index (κ3) is 5.46. The predicted molar refractivity (Wildman–Crippen MR) is 129 cm³/mol. The van der Waals surface area contributed by atoms with Gasteiger partial charge in [-0.15, -0.1) is 0 Å². The lowest BCUT2D eigenvalue weighted by atomic mass is 10.1. The van der Waals surface area contributed by atoms with Gasteiger partial charge in [0.25, 0.3) is 5.91 Å². The zero-order valence-electron chi connectivity index (χ0n) is 18.7. The summed E-state index contributed by atoms with van der Waals surface area (Å²) >= 11 is 12.0. The highest BCUT2D eigenvalue weighted by Crippen LogP contribution is 2.36. The van der Waals surface area contributed by atoms with Crippen molar-refractivity contribution in [3.8, 4) is 11.5 Å². The molecule has 0 spiro atoms. The molecule has 0 atom stereocenters. The van der Waals surface area contributed by atoms with Crippen molar-refractivity contribution in [3.05, 3.63) is 63.5 Å². The SMILES string of the molecule is Cc1noc(C)c1CN1C(=O)COc2ccc(NC(=O)CCCOc3ccc(Cl)cc3Cl)cc21. The topological polar surface area (TPSA) is 93.9 Å². The van der Waals surface area contributed by atoms with Crippen LogP contribution in [0.4, 0.5) is 11.4 Å². The summed E-state index contributed by atoms with van der Waals surface area (Å²) in [6, 6.07) is 10.2. The molecular weight excluding hydrogens is 481 g/mol. The van der Waals surface area contributed by atoms with E-state index >= 15 is 0 Å². The van der Waals surface area contributed by atoms with Crippen LogP contribution < -0.4 is 19.7 Å². The molecule has 4 rings (SSSR count). The molecule has 34 heavy (non-hydrogen) atoms. The molecule has 1 aliphatic heterocycles. The number of rotatable bonds is 8. The van der Waals surface area contributed by atoms with E-state index in [1.54, 1.807) is 41.3 Å². The summed E-state index contributed by atoms with van der Waals surface area (Å²) < 4.78 is 16.4. The quantitative estimate of drug-likeness (QED) is 0.418. The second kappa shape index (κ2) is 10.4. The van der Waals surface area contributed by atoms with Crippen molar-refractivity contribution in [3.63, 3.8) is 0 Å². The molecule has 1 aliphatic rings. The van der Waals surface area contributed by atoms with Crippen LogP contribution >= 0.6 is 23.2 Å². The number of nitrogens with zero attached hydrogens (tertiary/aromatic N) is 2. The lowest BCUT2D eigenvalue weighted by molar-refractivity contribution is -0.121. The number of carbonyl (C=O) groups is 2. The average Bonchev–Trinajstić information content (AvgIpc) is 3.11. The summed E-state index contributed by atoms with van der Waals surface area (Å²) in [7, 11) is 0. The fourth-order valence-corrected chi connectivity index (χ4v) is 4.03. The van der Waals surface area contributed by atoms with Crippen molar-refractivity contribution in [2.45, 2.75) is 33.2 Å². The van der Waals surface area contributed by atoms with Crippen molar-refractivity contribution < 1.29 is 23.6 Å². The molecule has 178 valence electrons. The van der Waals surface area contributed by atoms with E-state index in [1.807, 2.05) is 13.8 Å². The maximum atomic E-state index is 12.6. The van der Waals surface area contributed by atoms with Gasteiger partial charge in [-0.1, -0.05) is 28.4 Å². The minimum absolute atomic E-state index is 0.0558. The first-order valence-corrected chi connectivity index (χ1v) is 11.4. The van der Waals surface area contributed by atoms with Crippen LogP contribution in [0.1, 0.15) is 29.9 Å². The Morgan fingerprint density at radius 3 is 2.76 bits per heavy atom. The number of amides is 2. The Labute approximate surface area is 206 Å². The molecule has 1 N–H and O–H groups in total. The molecule has 10 heteroatoms. The molecule has 0 unspecified atom stereocenters. The predicted octanol–water partition coefficient (Wildman–Crippen LogP) is 5.32. The largest absolute Gasteiger partial charge is 0.492 e. The van der Waals surface area contributed by atoms with E-state index in [1.165, 1.54) is 0 Å². The van der Waals surface area contributed by atoms with Crippen LogP contribution in [0, 0.1) is 13.8 Å². The van der Waals surface area contributed by atoms with Crippen LogP contribution in [0.25, 0.3) is 0 Å². The Morgan fingerprint density at radius 2 is 2.03 bits per heavy atom. The van der Waals surface area contributed by atoms with Gasteiger partial charge < -0.3 is 24.2 Å². The van der Waals surface area contributed by atoms with E-state index in [0.29, 0.717) is 58.3 Å². The second-order valence-electron chi connectivity index (χ2n) is 7.83. The first-order chi connectivity index (χ1) is 16.3. The highest BCUT2D eigenvalue weighted by atomic mass is 35.5. The number of fused-ring (bicyclic) bond motifs is 1. The van der Waals surface area contributed by atoms with Crippen molar-refractivity contribution in [1.29, 1.82) is 0 Å². The van der Waals surface area contributed by atoms with Crippen molar-refractivity contribution in [2.24, 2.45) is 0 Å². The molecule has 0 fully saturated rings. The summed E-state index contributed by atoms with van der Waals surface area (Å²) in [6.45, 7) is 4.21. The van der Waals surface area contributed by atoms with E-state index in [0.717, 1.165) is 11.3 Å². The number of anilines is 2. The second-order valence-corrected chi connectivity index (χ2v) is 8.67. The van der Waals surface area contributed by atoms with Gasteiger partial charge in [0.2, 0.25) is 5.91 Å². The Kier molecular flexibility index (Phi) is 7.29. The van der Waals surface area contributed by atoms with E-state index in [4.69, 9.17) is 37.2 Å². The summed E-state index contributed by atoms with van der Waals surface area (Å²) in [5.74, 6) is 1.38. The minimum atomic E-state index is -0.186. The van der Waals surface area contributed by atoms with E-state index in [-0.39, 0.29) is 24.8 Å². The monoisotopic (exact) mass is 503 g/mol. The maximum Gasteiger partial charge on any atom is 0.265 e. The Balaban J connectivity index is 1.37. The van der Waals surface area contributed by atoms with Crippen LogP contribution in [0.5, 0.6) is 11.5 Å². The smallest absolute Gasteiger partial charge is 0.265 e. The fraction of sp³-hybridized carbons (Fsp3) is 0.292. The summed E-state index contributed by atoms with van der Waals surface area (Å²) in [4.78, 5) is 26.7. The Hall–Kier alpha value is -3.23. The first-order valence-electron chi connectivity index (χ1n) is 10.7. The zero-order chi connectivity index (χ0) is 24.2. The number of benzene rings is 2. The molecule has 0 bridgehead atoms. The minimum Gasteiger partial charge on any atom is -0.492 e. The van der Waals surface area contributed by atoms with Crippen molar-refractivity contribution >= 4 is 46.4 Å². The van der Waals surface area contributed by atoms with Gasteiger partial charge in [0.1, 0.15) is 17.3 Å². The van der Waals surface area contributed by atoms with Crippen LogP contribution in [-0.4, -0.2) is 30.2 Å². The first kappa shape index (κ1) is 23.9. The van der Waals surface area contributed by atoms with Gasteiger partial charge in [-0.3, -0.25) is 9.59 Å². The number of hydrogen-bond acceptors (Lipinski definition) is 6. The van der Waals surface area contributed by atoms with Crippen LogP contribution in [0.15, 0.2) is 40.9 Å². The molecule has 0 saturated heterocycles. The highest BCUT2D eigenvalue weighted by molar-refractivity contribution is 6.35. The van der Waals surface area contributed by atoms with Crippen molar-refractivity contribution in [1.82, 2.24) is 5.16 Å². The van der Waals surface area contributed by atoms with Gasteiger partial charge in [-0.2, -0.15) is 0 Å². The highest BCUT2D eigenvalue weighted by Gasteiger charge is 2.28. The third-order valence-corrected chi connectivity index (χ3v) is 5.91. The number of hydrogen-bond donors (Lipinski definition) is 1. The number of halogens is 2. The number of ether oxygens (including phenoxy) is 2. The fourth-order valence-electron chi connectivity index (χ4n) is 3.57. The summed E-state index contributed by atoms with van der Waals surface area (Å²) in [5.41, 5.74) is 2.71. The standard InChI is InChI=1S/C24H23Cl2N3O5/c1-14-18(15(2)34-28-14)12-29-20-11-17(6-8-22(20)33-13-24(29)31)27-23(30)4-3-9-32-21-7-5-16(25)10-19(21)26/h5-8,10-11H,3-4,9,12-13H2,1-2H3,(H,27,30). The third-order valence-electron chi connectivity index (χ3n) is 5.38. The molecule has 1 aromatic heterocycles. The Morgan fingerprint density at radius 1 is 1.21 bits per heavy atom. The molecule has 2 aromatic carbocycles. The van der Waals surface area contributed by atoms with Crippen molar-refractivity contribution in [2.75, 3.05) is 23.4 Å². The lowest BCUT2D eigenvalue weighted by Gasteiger charge is -2.29. The molecule has 2 amide bonds. The van der Waals surface area contributed by atoms with Gasteiger partial charge in [0, 0.05) is 22.7 Å².